The summed E-state index contributed by atoms with van der Waals surface area (Å²) < 4.78 is 5.75. The van der Waals surface area contributed by atoms with E-state index in [0.717, 1.165) is 19.3 Å². The maximum absolute atomic E-state index is 12.5. The number of ether oxygens (including phenoxy) is 1. The number of benzene rings is 1. The summed E-state index contributed by atoms with van der Waals surface area (Å²) in [5.41, 5.74) is 0.644. The Morgan fingerprint density at radius 2 is 2.00 bits per heavy atom. The number of aliphatic carboxylic acids is 1. The van der Waals surface area contributed by atoms with Gasteiger partial charge >= 0.3 is 5.97 Å². The number of rotatable bonds is 6. The first-order chi connectivity index (χ1) is 11.0. The number of carbonyl (C=O) groups is 2. The van der Waals surface area contributed by atoms with Crippen LogP contribution < -0.4 is 10.1 Å². The van der Waals surface area contributed by atoms with E-state index >= 15 is 0 Å². The summed E-state index contributed by atoms with van der Waals surface area (Å²) in [6.07, 6.45) is 3.99. The van der Waals surface area contributed by atoms with Gasteiger partial charge < -0.3 is 15.2 Å². The molecule has 0 aliphatic heterocycles. The molecule has 0 radical (unpaired) electrons. The fourth-order valence-corrected chi connectivity index (χ4v) is 2.94. The summed E-state index contributed by atoms with van der Waals surface area (Å²) in [4.78, 5) is 23.8. The van der Waals surface area contributed by atoms with Gasteiger partial charge in [0.1, 0.15) is 5.75 Å². The molecule has 23 heavy (non-hydrogen) atoms. The van der Waals surface area contributed by atoms with Crippen LogP contribution in [0, 0.1) is 11.8 Å². The number of carbonyl (C=O) groups excluding carboxylic acids is 1. The lowest BCUT2D eigenvalue weighted by atomic mass is 9.78. The highest BCUT2D eigenvalue weighted by molar-refractivity contribution is 5.95. The Hall–Kier alpha value is -2.04. The minimum absolute atomic E-state index is 0.107. The summed E-state index contributed by atoms with van der Waals surface area (Å²) in [6, 6.07) is 7.24. The molecule has 3 atom stereocenters. The van der Waals surface area contributed by atoms with Crippen molar-refractivity contribution >= 4 is 17.6 Å². The Morgan fingerprint density at radius 3 is 2.65 bits per heavy atom. The molecular formula is C18H25NO4. The molecular weight excluding hydrogens is 294 g/mol. The van der Waals surface area contributed by atoms with E-state index in [2.05, 4.69) is 5.32 Å². The number of anilines is 1. The zero-order chi connectivity index (χ0) is 16.8. The predicted molar refractivity (Wildman–Crippen MR) is 88.5 cm³/mol. The Bertz CT molecular complexity index is 558. The first-order valence-corrected chi connectivity index (χ1v) is 8.31. The van der Waals surface area contributed by atoms with E-state index in [-0.39, 0.29) is 12.0 Å². The Labute approximate surface area is 137 Å². The van der Waals surface area contributed by atoms with Crippen molar-refractivity contribution in [2.45, 2.75) is 52.1 Å². The van der Waals surface area contributed by atoms with Crippen molar-refractivity contribution < 1.29 is 19.4 Å². The van der Waals surface area contributed by atoms with Gasteiger partial charge in [-0.05, 0) is 38.3 Å². The largest absolute Gasteiger partial charge is 0.491 e. The number of nitrogens with one attached hydrogen (secondary N) is 1. The summed E-state index contributed by atoms with van der Waals surface area (Å²) in [6.45, 7) is 4.04. The quantitative estimate of drug-likeness (QED) is 0.838. The van der Waals surface area contributed by atoms with Gasteiger partial charge in [-0.15, -0.1) is 0 Å². The molecule has 2 rings (SSSR count). The van der Waals surface area contributed by atoms with Crippen molar-refractivity contribution in [3.63, 3.8) is 0 Å². The van der Waals surface area contributed by atoms with Gasteiger partial charge in [0.15, 0.2) is 0 Å². The Kier molecular flexibility index (Phi) is 6.02. The van der Waals surface area contributed by atoms with Gasteiger partial charge in [-0.25, -0.2) is 0 Å². The second-order valence-electron chi connectivity index (χ2n) is 6.19. The number of carboxylic acids is 1. The molecule has 1 aliphatic carbocycles. The fraction of sp³-hybridized carbons (Fsp3) is 0.556. The first kappa shape index (κ1) is 17.3. The summed E-state index contributed by atoms with van der Waals surface area (Å²) in [5, 5.41) is 12.1. The summed E-state index contributed by atoms with van der Waals surface area (Å²) >= 11 is 0. The molecule has 0 aromatic heterocycles. The SMILES string of the molecule is CC[C@H](C)Oc1cccc(NC(=O)[C@@H]2CCCC[C@H]2C(=O)O)c1. The van der Waals surface area contributed by atoms with Crippen molar-refractivity contribution in [1.82, 2.24) is 0 Å². The third-order valence-electron chi connectivity index (χ3n) is 4.43. The molecule has 0 spiro atoms. The van der Waals surface area contributed by atoms with Crippen molar-refractivity contribution in [2.75, 3.05) is 5.32 Å². The van der Waals surface area contributed by atoms with Crippen LogP contribution in [-0.4, -0.2) is 23.1 Å². The highest BCUT2D eigenvalue weighted by Crippen LogP contribution is 2.31. The predicted octanol–water partition coefficient (Wildman–Crippen LogP) is 3.69. The maximum Gasteiger partial charge on any atom is 0.307 e. The standard InChI is InChI=1S/C18H25NO4/c1-3-12(2)23-14-8-6-7-13(11-14)19-17(20)15-9-4-5-10-16(15)18(21)22/h6-8,11-12,15-16H,3-5,9-10H2,1-2H3,(H,19,20)(H,21,22)/t12-,15+,16+/m0/s1. The monoisotopic (exact) mass is 319 g/mol. The minimum Gasteiger partial charge on any atom is -0.491 e. The van der Waals surface area contributed by atoms with Crippen LogP contribution in [0.4, 0.5) is 5.69 Å². The summed E-state index contributed by atoms with van der Waals surface area (Å²) in [7, 11) is 0. The van der Waals surface area contributed by atoms with Gasteiger partial charge in [-0.2, -0.15) is 0 Å². The molecule has 1 amide bonds. The second-order valence-corrected chi connectivity index (χ2v) is 6.19. The second kappa shape index (κ2) is 7.99. The van der Waals surface area contributed by atoms with Crippen LogP contribution in [0.1, 0.15) is 46.0 Å². The van der Waals surface area contributed by atoms with E-state index < -0.39 is 17.8 Å². The third kappa shape index (κ3) is 4.71. The van der Waals surface area contributed by atoms with Crippen molar-refractivity contribution in [2.24, 2.45) is 11.8 Å². The fourth-order valence-electron chi connectivity index (χ4n) is 2.94. The zero-order valence-corrected chi connectivity index (χ0v) is 13.7. The number of amides is 1. The van der Waals surface area contributed by atoms with Crippen LogP contribution in [0.3, 0.4) is 0 Å². The van der Waals surface area contributed by atoms with Crippen LogP contribution in [0.2, 0.25) is 0 Å². The van der Waals surface area contributed by atoms with E-state index in [1.807, 2.05) is 26.0 Å². The molecule has 0 unspecified atom stereocenters. The van der Waals surface area contributed by atoms with Gasteiger partial charge in [-0.1, -0.05) is 25.8 Å². The molecule has 1 fully saturated rings. The van der Waals surface area contributed by atoms with E-state index in [9.17, 15) is 14.7 Å². The Morgan fingerprint density at radius 1 is 1.30 bits per heavy atom. The van der Waals surface area contributed by atoms with Crippen molar-refractivity contribution in [3.8, 4) is 5.75 Å². The number of carboxylic acid groups (broad SMARTS) is 1. The van der Waals surface area contributed by atoms with Gasteiger partial charge in [0.25, 0.3) is 0 Å². The van der Waals surface area contributed by atoms with Crippen LogP contribution in [0.25, 0.3) is 0 Å². The lowest BCUT2D eigenvalue weighted by Crippen LogP contribution is -2.36. The molecule has 1 aliphatic rings. The zero-order valence-electron chi connectivity index (χ0n) is 13.7. The lowest BCUT2D eigenvalue weighted by Gasteiger charge is -2.27. The minimum atomic E-state index is -0.876. The van der Waals surface area contributed by atoms with Gasteiger partial charge in [0, 0.05) is 11.8 Å². The van der Waals surface area contributed by atoms with Gasteiger partial charge in [0.05, 0.1) is 17.9 Å². The maximum atomic E-state index is 12.5. The van der Waals surface area contributed by atoms with E-state index in [0.29, 0.717) is 24.3 Å². The van der Waals surface area contributed by atoms with E-state index in [1.54, 1.807) is 12.1 Å². The normalized spacial score (nSPS) is 22.2. The summed E-state index contributed by atoms with van der Waals surface area (Å²) in [5.74, 6) is -1.42. The van der Waals surface area contributed by atoms with E-state index in [1.165, 1.54) is 0 Å². The van der Waals surface area contributed by atoms with Gasteiger partial charge in [-0.3, -0.25) is 9.59 Å². The van der Waals surface area contributed by atoms with Crippen molar-refractivity contribution in [1.29, 1.82) is 0 Å². The van der Waals surface area contributed by atoms with Crippen LogP contribution in [-0.2, 0) is 9.59 Å². The molecule has 0 heterocycles. The molecule has 126 valence electrons. The molecule has 0 saturated heterocycles. The molecule has 5 heteroatoms. The van der Waals surface area contributed by atoms with Crippen LogP contribution in [0.5, 0.6) is 5.75 Å². The average molecular weight is 319 g/mol. The molecule has 1 saturated carbocycles. The van der Waals surface area contributed by atoms with Crippen LogP contribution in [0.15, 0.2) is 24.3 Å². The van der Waals surface area contributed by atoms with Crippen molar-refractivity contribution in [3.05, 3.63) is 24.3 Å². The molecule has 2 N–H and O–H groups in total. The van der Waals surface area contributed by atoms with Crippen LogP contribution >= 0.6 is 0 Å². The van der Waals surface area contributed by atoms with E-state index in [4.69, 9.17) is 4.74 Å². The molecule has 1 aromatic carbocycles. The third-order valence-corrected chi connectivity index (χ3v) is 4.43. The molecule has 0 bridgehead atoms. The topological polar surface area (TPSA) is 75.6 Å². The average Bonchev–Trinajstić information content (AvgIpc) is 2.55. The molecule has 1 aromatic rings. The van der Waals surface area contributed by atoms with Gasteiger partial charge in [0.2, 0.25) is 5.91 Å². The Balaban J connectivity index is 2.04. The highest BCUT2D eigenvalue weighted by atomic mass is 16.5. The number of hydrogen-bond acceptors (Lipinski definition) is 3. The highest BCUT2D eigenvalue weighted by Gasteiger charge is 2.35. The smallest absolute Gasteiger partial charge is 0.307 e. The lowest BCUT2D eigenvalue weighted by molar-refractivity contribution is -0.147. The molecule has 5 nitrogen and oxygen atoms in total. The first-order valence-electron chi connectivity index (χ1n) is 8.31. The number of hydrogen-bond donors (Lipinski definition) is 2.